The zero-order valence-electron chi connectivity index (χ0n) is 15.3. The second-order valence-electron chi connectivity index (χ2n) is 5.98. The highest BCUT2D eigenvalue weighted by atomic mass is 19.1. The van der Waals surface area contributed by atoms with Crippen LogP contribution in [0.1, 0.15) is 44.4 Å². The van der Waals surface area contributed by atoms with Crippen molar-refractivity contribution in [1.82, 2.24) is 15.0 Å². The SMILES string of the molecule is C=CC(F)(CC)c1ccc(COc2cnc(N)nc2NCCCC)cn1. The van der Waals surface area contributed by atoms with Crippen molar-refractivity contribution >= 4 is 11.8 Å². The highest BCUT2D eigenvalue weighted by Crippen LogP contribution is 2.29. The molecule has 0 aliphatic rings. The van der Waals surface area contributed by atoms with Crippen molar-refractivity contribution in [3.05, 3.63) is 48.4 Å². The number of nitrogens with zero attached hydrogens (tertiary/aromatic N) is 3. The van der Waals surface area contributed by atoms with E-state index in [9.17, 15) is 4.39 Å². The lowest BCUT2D eigenvalue weighted by molar-refractivity contribution is 0.219. The van der Waals surface area contributed by atoms with Crippen molar-refractivity contribution in [3.8, 4) is 5.75 Å². The molecule has 2 aromatic heterocycles. The largest absolute Gasteiger partial charge is 0.483 e. The van der Waals surface area contributed by atoms with E-state index < -0.39 is 5.67 Å². The lowest BCUT2D eigenvalue weighted by Gasteiger charge is -2.18. The van der Waals surface area contributed by atoms with Crippen LogP contribution < -0.4 is 15.8 Å². The Morgan fingerprint density at radius 2 is 2.12 bits per heavy atom. The molecule has 0 aromatic carbocycles. The van der Waals surface area contributed by atoms with Gasteiger partial charge in [-0.2, -0.15) is 4.98 Å². The molecule has 3 N–H and O–H groups in total. The number of hydrogen-bond acceptors (Lipinski definition) is 6. The van der Waals surface area contributed by atoms with Gasteiger partial charge in [-0.25, -0.2) is 9.37 Å². The normalized spacial score (nSPS) is 13.0. The van der Waals surface area contributed by atoms with E-state index in [4.69, 9.17) is 10.5 Å². The first-order valence-electron chi connectivity index (χ1n) is 8.79. The molecular weight excluding hydrogens is 333 g/mol. The minimum Gasteiger partial charge on any atom is -0.483 e. The summed E-state index contributed by atoms with van der Waals surface area (Å²) in [5, 5.41) is 3.20. The first-order chi connectivity index (χ1) is 12.5. The van der Waals surface area contributed by atoms with E-state index in [1.54, 1.807) is 31.5 Å². The lowest BCUT2D eigenvalue weighted by Crippen LogP contribution is -2.17. The molecular formula is C19H26FN5O. The van der Waals surface area contributed by atoms with Gasteiger partial charge in [-0.1, -0.05) is 32.9 Å². The number of halogens is 1. The van der Waals surface area contributed by atoms with Gasteiger partial charge in [-0.15, -0.1) is 0 Å². The van der Waals surface area contributed by atoms with Gasteiger partial charge in [0.25, 0.3) is 0 Å². The molecule has 0 radical (unpaired) electrons. The number of alkyl halides is 1. The predicted octanol–water partition coefficient (Wildman–Crippen LogP) is 4.01. The third kappa shape index (κ3) is 4.91. The van der Waals surface area contributed by atoms with Gasteiger partial charge in [0.05, 0.1) is 11.9 Å². The van der Waals surface area contributed by atoms with E-state index >= 15 is 0 Å². The molecule has 2 aromatic rings. The van der Waals surface area contributed by atoms with Gasteiger partial charge in [0.15, 0.2) is 17.2 Å². The first kappa shape index (κ1) is 19.6. The van der Waals surface area contributed by atoms with Gasteiger partial charge in [0.1, 0.15) is 6.61 Å². The quantitative estimate of drug-likeness (QED) is 0.492. The molecule has 2 heterocycles. The molecule has 2 rings (SSSR count). The number of hydrogen-bond donors (Lipinski definition) is 2. The van der Waals surface area contributed by atoms with E-state index in [0.29, 0.717) is 17.3 Å². The molecule has 0 amide bonds. The van der Waals surface area contributed by atoms with Gasteiger partial charge >= 0.3 is 0 Å². The number of ether oxygens (including phenoxy) is 1. The van der Waals surface area contributed by atoms with Crippen molar-refractivity contribution in [1.29, 1.82) is 0 Å². The number of nitrogens with two attached hydrogens (primary N) is 1. The Hall–Kier alpha value is -2.70. The number of nitrogen functional groups attached to an aromatic ring is 1. The molecule has 7 heteroatoms. The van der Waals surface area contributed by atoms with Crippen molar-refractivity contribution in [3.63, 3.8) is 0 Å². The smallest absolute Gasteiger partial charge is 0.222 e. The van der Waals surface area contributed by atoms with Crippen molar-refractivity contribution in [2.45, 2.75) is 45.4 Å². The second kappa shape index (κ2) is 9.12. The fraction of sp³-hybridized carbons (Fsp3) is 0.421. The Bertz CT molecular complexity index is 722. The molecule has 6 nitrogen and oxygen atoms in total. The summed E-state index contributed by atoms with van der Waals surface area (Å²) in [6.07, 6.45) is 6.80. The highest BCUT2D eigenvalue weighted by Gasteiger charge is 2.27. The number of rotatable bonds is 10. The van der Waals surface area contributed by atoms with E-state index in [-0.39, 0.29) is 19.0 Å². The Labute approximate surface area is 153 Å². The maximum atomic E-state index is 14.6. The molecule has 140 valence electrons. The molecule has 0 spiro atoms. The summed E-state index contributed by atoms with van der Waals surface area (Å²) in [6, 6.07) is 3.45. The molecule has 0 bridgehead atoms. The van der Waals surface area contributed by atoms with Crippen LogP contribution in [-0.4, -0.2) is 21.5 Å². The number of allylic oxidation sites excluding steroid dienone is 1. The summed E-state index contributed by atoms with van der Waals surface area (Å²) in [7, 11) is 0. The Morgan fingerprint density at radius 1 is 1.31 bits per heavy atom. The van der Waals surface area contributed by atoms with Gasteiger partial charge in [-0.05, 0) is 25.0 Å². The Morgan fingerprint density at radius 3 is 2.73 bits per heavy atom. The maximum absolute atomic E-state index is 14.6. The monoisotopic (exact) mass is 359 g/mol. The average molecular weight is 359 g/mol. The van der Waals surface area contributed by atoms with Crippen LogP contribution in [0.5, 0.6) is 5.75 Å². The minimum absolute atomic E-state index is 0.186. The third-order valence-electron chi connectivity index (χ3n) is 4.08. The van der Waals surface area contributed by atoms with Crippen LogP contribution in [0.3, 0.4) is 0 Å². The molecule has 0 fully saturated rings. The van der Waals surface area contributed by atoms with Crippen molar-refractivity contribution in [2.24, 2.45) is 0 Å². The van der Waals surface area contributed by atoms with E-state index in [0.717, 1.165) is 24.9 Å². The number of nitrogens with one attached hydrogen (secondary N) is 1. The fourth-order valence-corrected chi connectivity index (χ4v) is 2.35. The van der Waals surface area contributed by atoms with Crippen LogP contribution in [0.15, 0.2) is 37.2 Å². The second-order valence-corrected chi connectivity index (χ2v) is 5.98. The molecule has 0 saturated carbocycles. The van der Waals surface area contributed by atoms with Crippen LogP contribution in [0.4, 0.5) is 16.2 Å². The average Bonchev–Trinajstić information content (AvgIpc) is 2.67. The molecule has 1 atom stereocenters. The lowest BCUT2D eigenvalue weighted by atomic mass is 9.98. The number of pyridine rings is 1. The topological polar surface area (TPSA) is 86.0 Å². The third-order valence-corrected chi connectivity index (χ3v) is 4.08. The molecule has 0 aliphatic heterocycles. The van der Waals surface area contributed by atoms with Gasteiger partial charge in [-0.3, -0.25) is 4.98 Å². The molecule has 0 aliphatic carbocycles. The van der Waals surface area contributed by atoms with Crippen LogP contribution in [-0.2, 0) is 12.3 Å². The molecule has 26 heavy (non-hydrogen) atoms. The fourth-order valence-electron chi connectivity index (χ4n) is 2.35. The van der Waals surface area contributed by atoms with E-state index in [2.05, 4.69) is 33.8 Å². The zero-order chi connectivity index (χ0) is 19.0. The Balaban J connectivity index is 2.05. The van der Waals surface area contributed by atoms with Crippen LogP contribution >= 0.6 is 0 Å². The summed E-state index contributed by atoms with van der Waals surface area (Å²) in [4.78, 5) is 12.4. The summed E-state index contributed by atoms with van der Waals surface area (Å²) in [6.45, 7) is 8.47. The standard InChI is InChI=1S/C19H26FN5O/c1-4-7-10-22-17-15(12-24-18(21)25-17)26-13-14-8-9-16(23-11-14)19(20,5-2)6-3/h5,8-9,11-12H,2,4,6-7,10,13H2,1,3H3,(H3,21,22,24,25). The highest BCUT2D eigenvalue weighted by molar-refractivity contribution is 5.51. The van der Waals surface area contributed by atoms with Gasteiger partial charge < -0.3 is 15.8 Å². The number of aromatic nitrogens is 3. The van der Waals surface area contributed by atoms with Crippen LogP contribution in [0.2, 0.25) is 0 Å². The summed E-state index contributed by atoms with van der Waals surface area (Å²) < 4.78 is 20.3. The minimum atomic E-state index is -1.61. The Kier molecular flexibility index (Phi) is 6.89. The van der Waals surface area contributed by atoms with Gasteiger partial charge in [0, 0.05) is 18.3 Å². The van der Waals surface area contributed by atoms with Crippen LogP contribution in [0, 0.1) is 0 Å². The van der Waals surface area contributed by atoms with E-state index in [1.165, 1.54) is 6.08 Å². The first-order valence-corrected chi connectivity index (χ1v) is 8.79. The maximum Gasteiger partial charge on any atom is 0.222 e. The van der Waals surface area contributed by atoms with Crippen molar-refractivity contribution < 1.29 is 9.13 Å². The molecule has 0 saturated heterocycles. The summed E-state index contributed by atoms with van der Waals surface area (Å²) in [5.41, 5.74) is 5.20. The zero-order valence-corrected chi connectivity index (χ0v) is 15.3. The number of unbranched alkanes of at least 4 members (excludes halogenated alkanes) is 1. The molecule has 1 unspecified atom stereocenters. The van der Waals surface area contributed by atoms with Gasteiger partial charge in [0.2, 0.25) is 5.95 Å². The number of anilines is 2. The van der Waals surface area contributed by atoms with E-state index in [1.807, 2.05) is 0 Å². The van der Waals surface area contributed by atoms with Crippen LogP contribution in [0.25, 0.3) is 0 Å². The summed E-state index contributed by atoms with van der Waals surface area (Å²) >= 11 is 0. The summed E-state index contributed by atoms with van der Waals surface area (Å²) in [5.74, 6) is 1.26. The predicted molar refractivity (Wildman–Crippen MR) is 102 cm³/mol. The van der Waals surface area contributed by atoms with Crippen molar-refractivity contribution in [2.75, 3.05) is 17.6 Å².